The quantitative estimate of drug-likeness (QED) is 0.816. The maximum absolute atomic E-state index is 5.04. The number of nitrogens with one attached hydrogen (secondary N) is 1. The van der Waals surface area contributed by atoms with Gasteiger partial charge in [-0.3, -0.25) is 0 Å². The van der Waals surface area contributed by atoms with E-state index in [1.165, 1.54) is 12.8 Å². The molecule has 1 atom stereocenters. The average Bonchev–Trinajstić information content (AvgIpc) is 2.83. The zero-order chi connectivity index (χ0) is 12.8. The molecule has 1 aliphatic rings. The van der Waals surface area contributed by atoms with Gasteiger partial charge in [-0.05, 0) is 40.9 Å². The Morgan fingerprint density at radius 2 is 2.50 bits per heavy atom. The van der Waals surface area contributed by atoms with Crippen LogP contribution in [0.1, 0.15) is 12.8 Å². The lowest BCUT2D eigenvalue weighted by Crippen LogP contribution is -2.39. The fraction of sp³-hybridized carbons (Fsp3) is 0.615. The maximum Gasteiger partial charge on any atom is 0.143 e. The highest BCUT2D eigenvalue weighted by Gasteiger charge is 2.26. The van der Waals surface area contributed by atoms with E-state index in [0.29, 0.717) is 6.04 Å². The number of anilines is 1. The number of ether oxygens (including phenoxy) is 1. The molecule has 0 spiro atoms. The first-order valence-electron chi connectivity index (χ1n) is 6.39. The minimum atomic E-state index is 0.535. The molecule has 0 bridgehead atoms. The van der Waals surface area contributed by atoms with Crippen LogP contribution in [0.4, 0.5) is 5.82 Å². The van der Waals surface area contributed by atoms with Crippen LogP contribution in [0.2, 0.25) is 0 Å². The summed E-state index contributed by atoms with van der Waals surface area (Å²) in [5, 5.41) is 3.44. The van der Waals surface area contributed by atoms with Crippen LogP contribution in [-0.4, -0.2) is 44.4 Å². The van der Waals surface area contributed by atoms with Gasteiger partial charge in [-0.2, -0.15) is 0 Å². The van der Waals surface area contributed by atoms with Crippen molar-refractivity contribution in [3.63, 3.8) is 0 Å². The lowest BCUT2D eigenvalue weighted by Gasteiger charge is -2.26. The first-order valence-corrected chi connectivity index (χ1v) is 7.19. The van der Waals surface area contributed by atoms with Gasteiger partial charge in [-0.1, -0.05) is 0 Å². The van der Waals surface area contributed by atoms with Gasteiger partial charge in [0.05, 0.1) is 11.1 Å². The number of hydrogen-bond donors (Lipinski definition) is 1. The second-order valence-electron chi connectivity index (χ2n) is 4.50. The van der Waals surface area contributed by atoms with Crippen molar-refractivity contribution < 1.29 is 4.74 Å². The van der Waals surface area contributed by atoms with E-state index in [4.69, 9.17) is 4.74 Å². The van der Waals surface area contributed by atoms with Crippen molar-refractivity contribution >= 4 is 21.7 Å². The summed E-state index contributed by atoms with van der Waals surface area (Å²) >= 11 is 3.58. The smallest absolute Gasteiger partial charge is 0.143 e. The van der Waals surface area contributed by atoms with E-state index in [9.17, 15) is 0 Å². The van der Waals surface area contributed by atoms with Gasteiger partial charge in [0.15, 0.2) is 0 Å². The molecule has 2 rings (SSSR count). The lowest BCUT2D eigenvalue weighted by molar-refractivity contribution is 0.199. The second-order valence-corrected chi connectivity index (χ2v) is 5.35. The van der Waals surface area contributed by atoms with Crippen molar-refractivity contribution in [2.45, 2.75) is 18.9 Å². The molecule has 0 aliphatic carbocycles. The molecule has 0 saturated carbocycles. The molecular weight excluding hydrogens is 294 g/mol. The van der Waals surface area contributed by atoms with E-state index in [1.54, 1.807) is 7.11 Å². The third-order valence-corrected chi connectivity index (χ3v) is 3.87. The molecule has 100 valence electrons. The number of rotatable bonds is 6. The lowest BCUT2D eigenvalue weighted by atomic mass is 10.2. The van der Waals surface area contributed by atoms with Gasteiger partial charge >= 0.3 is 0 Å². The average molecular weight is 314 g/mol. The van der Waals surface area contributed by atoms with E-state index >= 15 is 0 Å². The number of aromatic nitrogens is 1. The Labute approximate surface area is 117 Å². The van der Waals surface area contributed by atoms with Gasteiger partial charge in [0.1, 0.15) is 5.82 Å². The molecule has 18 heavy (non-hydrogen) atoms. The van der Waals surface area contributed by atoms with Gasteiger partial charge < -0.3 is 15.0 Å². The molecule has 4 nitrogen and oxygen atoms in total. The summed E-state index contributed by atoms with van der Waals surface area (Å²) in [6, 6.07) is 4.54. The molecule has 1 N–H and O–H groups in total. The minimum Gasteiger partial charge on any atom is -0.383 e. The second kappa shape index (κ2) is 7.07. The Hall–Kier alpha value is -0.650. The normalized spacial score (nSPS) is 19.4. The minimum absolute atomic E-state index is 0.535. The first-order chi connectivity index (χ1) is 8.83. The summed E-state index contributed by atoms with van der Waals surface area (Å²) in [6.45, 7) is 3.75. The van der Waals surface area contributed by atoms with E-state index in [-0.39, 0.29) is 0 Å². The molecule has 5 heteroatoms. The zero-order valence-corrected chi connectivity index (χ0v) is 12.3. The molecule has 1 saturated heterocycles. The van der Waals surface area contributed by atoms with Crippen LogP contribution in [-0.2, 0) is 4.74 Å². The third-order valence-electron chi connectivity index (χ3n) is 3.25. The first kappa shape index (κ1) is 13.8. The number of hydrogen-bond acceptors (Lipinski definition) is 4. The molecule has 0 aromatic carbocycles. The van der Waals surface area contributed by atoms with Crippen LogP contribution >= 0.6 is 15.9 Å². The number of nitrogens with zero attached hydrogens (tertiary/aromatic N) is 2. The monoisotopic (exact) mass is 313 g/mol. The van der Waals surface area contributed by atoms with E-state index in [1.807, 2.05) is 12.3 Å². The number of halogens is 1. The third kappa shape index (κ3) is 3.43. The van der Waals surface area contributed by atoms with Crippen molar-refractivity contribution in [3.05, 3.63) is 22.8 Å². The predicted octanol–water partition coefficient (Wildman–Crippen LogP) is 2.05. The Morgan fingerprint density at radius 3 is 3.28 bits per heavy atom. The molecule has 1 aromatic heterocycles. The highest BCUT2D eigenvalue weighted by molar-refractivity contribution is 9.10. The molecule has 2 heterocycles. The summed E-state index contributed by atoms with van der Waals surface area (Å²) in [4.78, 5) is 6.87. The van der Waals surface area contributed by atoms with Gasteiger partial charge in [-0.15, -0.1) is 0 Å². The van der Waals surface area contributed by atoms with Crippen LogP contribution in [0.25, 0.3) is 0 Å². The molecule has 1 aromatic rings. The van der Waals surface area contributed by atoms with Crippen molar-refractivity contribution in [2.24, 2.45) is 0 Å². The van der Waals surface area contributed by atoms with Crippen LogP contribution in [0.3, 0.4) is 0 Å². The summed E-state index contributed by atoms with van der Waals surface area (Å²) in [7, 11) is 1.73. The topological polar surface area (TPSA) is 37.4 Å². The van der Waals surface area contributed by atoms with Crippen molar-refractivity contribution in [2.75, 3.05) is 38.3 Å². The van der Waals surface area contributed by atoms with Gasteiger partial charge in [0, 0.05) is 39.0 Å². The van der Waals surface area contributed by atoms with Gasteiger partial charge in [0.2, 0.25) is 0 Å². The molecule has 1 aliphatic heterocycles. The molecule has 1 fully saturated rings. The maximum atomic E-state index is 5.04. The summed E-state index contributed by atoms with van der Waals surface area (Å²) < 4.78 is 6.12. The van der Waals surface area contributed by atoms with Gasteiger partial charge in [-0.25, -0.2) is 4.98 Å². The molecular formula is C13H20BrN3O. The largest absolute Gasteiger partial charge is 0.383 e. The highest BCUT2D eigenvalue weighted by Crippen LogP contribution is 2.29. The van der Waals surface area contributed by atoms with Crippen molar-refractivity contribution in [3.8, 4) is 0 Å². The molecule has 1 unspecified atom stereocenters. The van der Waals surface area contributed by atoms with Crippen LogP contribution in [0.15, 0.2) is 22.8 Å². The Bertz CT molecular complexity index is 375. The summed E-state index contributed by atoms with van der Waals surface area (Å²) in [5.74, 6) is 1.06. The van der Waals surface area contributed by atoms with Crippen LogP contribution in [0, 0.1) is 0 Å². The summed E-state index contributed by atoms with van der Waals surface area (Å²) in [5.41, 5.74) is 0. The molecule has 0 radical (unpaired) electrons. The van der Waals surface area contributed by atoms with E-state index < -0.39 is 0 Å². The number of methoxy groups -OCH3 is 1. The Balaban J connectivity index is 1.93. The Kier molecular flexibility index (Phi) is 5.41. The highest BCUT2D eigenvalue weighted by atomic mass is 79.9. The fourth-order valence-electron chi connectivity index (χ4n) is 2.36. The standard InChI is InChI=1S/C13H20BrN3O/c1-18-9-7-15-10-11-4-3-8-17(11)13-12(14)5-2-6-16-13/h2,5-6,11,15H,3-4,7-10H2,1H3. The predicted molar refractivity (Wildman–Crippen MR) is 77.1 cm³/mol. The molecule has 0 amide bonds. The van der Waals surface area contributed by atoms with Crippen molar-refractivity contribution in [1.82, 2.24) is 10.3 Å². The van der Waals surface area contributed by atoms with E-state index in [2.05, 4.69) is 37.2 Å². The SMILES string of the molecule is COCCNCC1CCCN1c1ncccc1Br. The van der Waals surface area contributed by atoms with Crippen LogP contribution in [0.5, 0.6) is 0 Å². The number of pyridine rings is 1. The van der Waals surface area contributed by atoms with E-state index in [0.717, 1.165) is 36.5 Å². The van der Waals surface area contributed by atoms with Crippen molar-refractivity contribution in [1.29, 1.82) is 0 Å². The van der Waals surface area contributed by atoms with Crippen LogP contribution < -0.4 is 10.2 Å². The van der Waals surface area contributed by atoms with Gasteiger partial charge in [0.25, 0.3) is 0 Å². The zero-order valence-electron chi connectivity index (χ0n) is 10.7. The fourth-order valence-corrected chi connectivity index (χ4v) is 2.84. The summed E-state index contributed by atoms with van der Waals surface area (Å²) in [6.07, 6.45) is 4.32. The Morgan fingerprint density at radius 1 is 1.61 bits per heavy atom.